The summed E-state index contributed by atoms with van der Waals surface area (Å²) in [6.07, 6.45) is 2.69. The molecule has 0 spiro atoms. The minimum atomic E-state index is 0.703. The smallest absolute Gasteiger partial charge is 0.0368 e. The van der Waals surface area contributed by atoms with Crippen molar-refractivity contribution in [1.29, 1.82) is 0 Å². The largest absolute Gasteiger partial charge is 0.372 e. The fourth-order valence-electron chi connectivity index (χ4n) is 4.03. The van der Waals surface area contributed by atoms with Gasteiger partial charge in [-0.3, -0.25) is 4.90 Å². The van der Waals surface area contributed by atoms with Crippen LogP contribution in [0.2, 0.25) is 0 Å². The van der Waals surface area contributed by atoms with Crippen LogP contribution >= 0.6 is 0 Å². The van der Waals surface area contributed by atoms with Gasteiger partial charge in [0.2, 0.25) is 0 Å². The van der Waals surface area contributed by atoms with Crippen molar-refractivity contribution in [3.8, 4) is 0 Å². The maximum absolute atomic E-state index is 2.70. The van der Waals surface area contributed by atoms with E-state index in [4.69, 9.17) is 0 Å². The van der Waals surface area contributed by atoms with Crippen LogP contribution in [0.1, 0.15) is 46.1 Å². The predicted molar refractivity (Wildman–Crippen MR) is 111 cm³/mol. The third-order valence-electron chi connectivity index (χ3n) is 5.63. The van der Waals surface area contributed by atoms with Gasteiger partial charge in [-0.25, -0.2) is 0 Å². The number of aryl methyl sites for hydroxylation is 1. The van der Waals surface area contributed by atoms with Crippen LogP contribution in [0.4, 0.5) is 5.69 Å². The van der Waals surface area contributed by atoms with E-state index in [1.165, 1.54) is 69.9 Å². The molecule has 142 valence electrons. The van der Waals surface area contributed by atoms with Crippen molar-refractivity contribution in [2.75, 3.05) is 50.7 Å². The van der Waals surface area contributed by atoms with Gasteiger partial charge in [0, 0.05) is 57.5 Å². The summed E-state index contributed by atoms with van der Waals surface area (Å²) in [5, 5.41) is 0. The standard InChI is InChI=1S/C20H33N3.C2H6/c1-17(2)22-13-11-21(12-14-22)16-19-7-9-23(10-8-19)20-6-4-5-18(3)15-20;1-2/h4-6,15,17,19H,7-14,16H2,1-3H3;1-2H3. The number of nitrogens with zero attached hydrogens (tertiary/aromatic N) is 3. The van der Waals surface area contributed by atoms with Crippen LogP contribution in [0.3, 0.4) is 0 Å². The van der Waals surface area contributed by atoms with Crippen molar-refractivity contribution in [2.24, 2.45) is 5.92 Å². The SMILES string of the molecule is CC.Cc1cccc(N2CCC(CN3CCN(C(C)C)CC3)CC2)c1. The van der Waals surface area contributed by atoms with Crippen molar-refractivity contribution in [1.82, 2.24) is 9.80 Å². The Kier molecular flexibility index (Phi) is 8.25. The quantitative estimate of drug-likeness (QED) is 0.807. The zero-order valence-electron chi connectivity index (χ0n) is 17.2. The molecule has 0 bridgehead atoms. The molecule has 2 fully saturated rings. The molecule has 0 aliphatic carbocycles. The van der Waals surface area contributed by atoms with E-state index in [2.05, 4.69) is 59.7 Å². The minimum Gasteiger partial charge on any atom is -0.372 e. The number of rotatable bonds is 4. The van der Waals surface area contributed by atoms with Crippen LogP contribution in [0.25, 0.3) is 0 Å². The molecule has 2 heterocycles. The number of piperazine rings is 1. The second-order valence-electron chi connectivity index (χ2n) is 7.70. The average molecular weight is 346 g/mol. The molecule has 1 aromatic carbocycles. The zero-order valence-corrected chi connectivity index (χ0v) is 17.2. The van der Waals surface area contributed by atoms with Gasteiger partial charge in [-0.05, 0) is 57.2 Å². The Morgan fingerprint density at radius 3 is 2.16 bits per heavy atom. The number of benzene rings is 1. The van der Waals surface area contributed by atoms with Crippen molar-refractivity contribution >= 4 is 5.69 Å². The van der Waals surface area contributed by atoms with E-state index in [0.717, 1.165) is 5.92 Å². The maximum Gasteiger partial charge on any atom is 0.0368 e. The molecule has 2 saturated heterocycles. The van der Waals surface area contributed by atoms with E-state index in [1.54, 1.807) is 0 Å². The fourth-order valence-corrected chi connectivity index (χ4v) is 4.03. The lowest BCUT2D eigenvalue weighted by atomic mass is 9.95. The molecule has 0 saturated carbocycles. The summed E-state index contributed by atoms with van der Waals surface area (Å²) in [5.74, 6) is 0.890. The zero-order chi connectivity index (χ0) is 18.2. The highest BCUT2D eigenvalue weighted by Gasteiger charge is 2.24. The van der Waals surface area contributed by atoms with E-state index in [9.17, 15) is 0 Å². The summed E-state index contributed by atoms with van der Waals surface area (Å²) in [7, 11) is 0. The maximum atomic E-state index is 2.70. The molecular formula is C22H39N3. The van der Waals surface area contributed by atoms with Gasteiger partial charge >= 0.3 is 0 Å². The molecule has 0 atom stereocenters. The van der Waals surface area contributed by atoms with Crippen LogP contribution in [0.5, 0.6) is 0 Å². The normalized spacial score (nSPS) is 20.5. The Morgan fingerprint density at radius 1 is 0.960 bits per heavy atom. The summed E-state index contributed by atoms with van der Waals surface area (Å²) in [6, 6.07) is 9.66. The van der Waals surface area contributed by atoms with E-state index >= 15 is 0 Å². The summed E-state index contributed by atoms with van der Waals surface area (Å²) >= 11 is 0. The van der Waals surface area contributed by atoms with Gasteiger partial charge in [0.15, 0.2) is 0 Å². The average Bonchev–Trinajstić information content (AvgIpc) is 2.64. The first-order valence-corrected chi connectivity index (χ1v) is 10.4. The molecule has 3 heteroatoms. The monoisotopic (exact) mass is 345 g/mol. The summed E-state index contributed by atoms with van der Waals surface area (Å²) in [5.41, 5.74) is 2.78. The highest BCUT2D eigenvalue weighted by atomic mass is 15.3. The Morgan fingerprint density at radius 2 is 1.60 bits per heavy atom. The predicted octanol–water partition coefficient (Wildman–Crippen LogP) is 4.26. The third-order valence-corrected chi connectivity index (χ3v) is 5.63. The van der Waals surface area contributed by atoms with Crippen molar-refractivity contribution in [2.45, 2.75) is 53.5 Å². The van der Waals surface area contributed by atoms with Gasteiger partial charge in [0.1, 0.15) is 0 Å². The van der Waals surface area contributed by atoms with Crippen LogP contribution in [0, 0.1) is 12.8 Å². The molecule has 1 aromatic rings. The summed E-state index contributed by atoms with van der Waals surface area (Å²) in [6.45, 7) is 19.6. The van der Waals surface area contributed by atoms with Crippen molar-refractivity contribution < 1.29 is 0 Å². The highest BCUT2D eigenvalue weighted by Crippen LogP contribution is 2.25. The highest BCUT2D eigenvalue weighted by molar-refractivity contribution is 5.48. The summed E-state index contributed by atoms with van der Waals surface area (Å²) < 4.78 is 0. The van der Waals surface area contributed by atoms with Crippen molar-refractivity contribution in [3.05, 3.63) is 29.8 Å². The van der Waals surface area contributed by atoms with Gasteiger partial charge in [-0.1, -0.05) is 26.0 Å². The first-order valence-electron chi connectivity index (χ1n) is 10.4. The number of piperidine rings is 1. The topological polar surface area (TPSA) is 9.72 Å². The number of hydrogen-bond acceptors (Lipinski definition) is 3. The van der Waals surface area contributed by atoms with Gasteiger partial charge in [0.25, 0.3) is 0 Å². The molecule has 25 heavy (non-hydrogen) atoms. The van der Waals surface area contributed by atoms with Gasteiger partial charge in [-0.2, -0.15) is 0 Å². The molecule has 3 nitrogen and oxygen atoms in total. The molecule has 0 amide bonds. The minimum absolute atomic E-state index is 0.703. The lowest BCUT2D eigenvalue weighted by Crippen LogP contribution is -2.50. The van der Waals surface area contributed by atoms with Crippen LogP contribution in [0.15, 0.2) is 24.3 Å². The molecule has 0 unspecified atom stereocenters. The number of anilines is 1. The van der Waals surface area contributed by atoms with E-state index in [0.29, 0.717) is 6.04 Å². The lowest BCUT2D eigenvalue weighted by molar-refractivity contribution is 0.0931. The van der Waals surface area contributed by atoms with E-state index < -0.39 is 0 Å². The Hall–Kier alpha value is -1.06. The van der Waals surface area contributed by atoms with Gasteiger partial charge in [-0.15, -0.1) is 0 Å². The first kappa shape index (κ1) is 20.3. The Balaban J connectivity index is 0.00000109. The number of hydrogen-bond donors (Lipinski definition) is 0. The summed E-state index contributed by atoms with van der Waals surface area (Å²) in [4.78, 5) is 7.88. The Bertz CT molecular complexity index is 484. The van der Waals surface area contributed by atoms with E-state index in [-0.39, 0.29) is 0 Å². The van der Waals surface area contributed by atoms with E-state index in [1.807, 2.05) is 13.8 Å². The molecule has 0 N–H and O–H groups in total. The van der Waals surface area contributed by atoms with Gasteiger partial charge in [0.05, 0.1) is 0 Å². The fraction of sp³-hybridized carbons (Fsp3) is 0.727. The molecule has 3 rings (SSSR count). The lowest BCUT2D eigenvalue weighted by Gasteiger charge is -2.40. The molecule has 2 aliphatic rings. The Labute approximate surface area is 156 Å². The molecule has 0 radical (unpaired) electrons. The second kappa shape index (κ2) is 10.2. The molecule has 2 aliphatic heterocycles. The van der Waals surface area contributed by atoms with Crippen LogP contribution in [-0.2, 0) is 0 Å². The third kappa shape index (κ3) is 6.00. The van der Waals surface area contributed by atoms with Crippen molar-refractivity contribution in [3.63, 3.8) is 0 Å². The van der Waals surface area contributed by atoms with Crippen LogP contribution in [-0.4, -0.2) is 61.7 Å². The van der Waals surface area contributed by atoms with Gasteiger partial charge < -0.3 is 9.80 Å². The molecule has 0 aromatic heterocycles. The van der Waals surface area contributed by atoms with Crippen LogP contribution < -0.4 is 4.90 Å². The second-order valence-corrected chi connectivity index (χ2v) is 7.70. The molecular weight excluding hydrogens is 306 g/mol. The first-order chi connectivity index (χ1) is 12.1.